The predicted molar refractivity (Wildman–Crippen MR) is 79.7 cm³/mol. The van der Waals surface area contributed by atoms with Crippen molar-refractivity contribution in [2.45, 2.75) is 6.92 Å². The van der Waals surface area contributed by atoms with Crippen LogP contribution in [0.2, 0.25) is 0 Å². The van der Waals surface area contributed by atoms with E-state index in [2.05, 4.69) is 19.7 Å². The molecule has 0 aromatic heterocycles. The Kier molecular flexibility index (Phi) is 3.07. The highest BCUT2D eigenvalue weighted by atomic mass is 16.3. The lowest BCUT2D eigenvalue weighted by molar-refractivity contribution is 0.440. The van der Waals surface area contributed by atoms with Gasteiger partial charge in [-0.25, -0.2) is 0 Å². The Morgan fingerprint density at radius 1 is 1.11 bits per heavy atom. The first-order valence-corrected chi connectivity index (χ1v) is 5.80. The van der Waals surface area contributed by atoms with Crippen molar-refractivity contribution in [2.24, 2.45) is 0 Å². The quantitative estimate of drug-likeness (QED) is 0.627. The average molecular weight is 236 g/mol. The molecule has 0 aliphatic rings. The highest BCUT2D eigenvalue weighted by Gasteiger charge is 2.10. The van der Waals surface area contributed by atoms with Crippen LogP contribution in [-0.2, 0) is 0 Å². The highest BCUT2D eigenvalue weighted by molar-refractivity contribution is 5.97. The Balaban J connectivity index is 3.02. The van der Waals surface area contributed by atoms with E-state index < -0.39 is 0 Å². The minimum atomic E-state index is 0.0538. The van der Waals surface area contributed by atoms with Gasteiger partial charge in [0.1, 0.15) is 5.76 Å². The normalized spacial score (nSPS) is 11.7. The number of aliphatic hydroxyl groups is 1. The van der Waals surface area contributed by atoms with Crippen molar-refractivity contribution in [3.63, 3.8) is 0 Å². The Morgan fingerprint density at radius 2 is 1.83 bits per heavy atom. The second-order valence-corrected chi connectivity index (χ2v) is 4.26. The zero-order valence-electron chi connectivity index (χ0n) is 10.5. The second-order valence-electron chi connectivity index (χ2n) is 4.26. The van der Waals surface area contributed by atoms with E-state index in [9.17, 15) is 5.11 Å². The van der Waals surface area contributed by atoms with Crippen molar-refractivity contribution >= 4 is 29.5 Å². The zero-order chi connectivity index (χ0) is 13.3. The molecule has 90 valence electrons. The molecule has 0 atom stereocenters. The van der Waals surface area contributed by atoms with Gasteiger partial charge < -0.3 is 5.11 Å². The Bertz CT molecular complexity index is 751. The molecular formula is C17H16O. The van der Waals surface area contributed by atoms with Gasteiger partial charge in [0, 0.05) is 11.1 Å². The third-order valence-corrected chi connectivity index (χ3v) is 3.09. The third kappa shape index (κ3) is 1.84. The van der Waals surface area contributed by atoms with Crippen LogP contribution in [0.4, 0.5) is 0 Å². The molecule has 1 heteroatoms. The molecule has 0 radical (unpaired) electrons. The maximum Gasteiger partial charge on any atom is 0.115 e. The Hall–Kier alpha value is -2.28. The SMILES string of the molecule is C=C(O)/C(=C/C)c1c(=C)ccc2cccc(=C)c12. The summed E-state index contributed by atoms with van der Waals surface area (Å²) in [6.45, 7) is 13.6. The molecule has 0 saturated carbocycles. The fourth-order valence-electron chi connectivity index (χ4n) is 2.26. The summed E-state index contributed by atoms with van der Waals surface area (Å²) < 4.78 is 0. The molecule has 0 bridgehead atoms. The lowest BCUT2D eigenvalue weighted by Gasteiger charge is -2.11. The molecule has 0 aliphatic carbocycles. The number of allylic oxidation sites excluding steroid dienone is 2. The van der Waals surface area contributed by atoms with Crippen LogP contribution >= 0.6 is 0 Å². The van der Waals surface area contributed by atoms with E-state index in [1.807, 2.05) is 43.3 Å². The van der Waals surface area contributed by atoms with Crippen LogP contribution in [0.5, 0.6) is 0 Å². The van der Waals surface area contributed by atoms with Gasteiger partial charge in [0.25, 0.3) is 0 Å². The van der Waals surface area contributed by atoms with Gasteiger partial charge >= 0.3 is 0 Å². The molecule has 0 saturated heterocycles. The maximum absolute atomic E-state index is 9.73. The van der Waals surface area contributed by atoms with E-state index in [4.69, 9.17) is 0 Å². The summed E-state index contributed by atoms with van der Waals surface area (Å²) >= 11 is 0. The van der Waals surface area contributed by atoms with Crippen molar-refractivity contribution < 1.29 is 5.11 Å². The van der Waals surface area contributed by atoms with Gasteiger partial charge in [0.05, 0.1) is 0 Å². The molecule has 2 aromatic rings. The Morgan fingerprint density at radius 3 is 2.44 bits per heavy atom. The predicted octanol–water partition coefficient (Wildman–Crippen LogP) is 3.14. The van der Waals surface area contributed by atoms with Crippen LogP contribution in [0.25, 0.3) is 29.5 Å². The van der Waals surface area contributed by atoms with E-state index in [0.29, 0.717) is 5.57 Å². The van der Waals surface area contributed by atoms with E-state index in [1.165, 1.54) is 0 Å². The Labute approximate surface area is 107 Å². The molecule has 0 fully saturated rings. The van der Waals surface area contributed by atoms with Crippen LogP contribution < -0.4 is 10.4 Å². The number of aliphatic hydroxyl groups excluding tert-OH is 1. The summed E-state index contributed by atoms with van der Waals surface area (Å²) in [4.78, 5) is 0. The standard InChI is InChI=1S/C17H16O/c1-5-15(13(4)18)17-12(3)9-10-14-8-6-7-11(2)16(14)17/h5-10,18H,2-4H2,1H3/b15-5-. The molecule has 0 heterocycles. The number of benzene rings is 2. The summed E-state index contributed by atoms with van der Waals surface area (Å²) in [5, 5.41) is 13.6. The first-order valence-electron chi connectivity index (χ1n) is 5.80. The lowest BCUT2D eigenvalue weighted by Crippen LogP contribution is -2.13. The summed E-state index contributed by atoms with van der Waals surface area (Å²) in [5.41, 5.74) is 1.62. The van der Waals surface area contributed by atoms with Crippen LogP contribution in [0, 0.1) is 0 Å². The van der Waals surface area contributed by atoms with Crippen LogP contribution in [0.1, 0.15) is 12.5 Å². The zero-order valence-corrected chi connectivity index (χ0v) is 10.5. The molecule has 0 unspecified atom stereocenters. The van der Waals surface area contributed by atoms with E-state index in [-0.39, 0.29) is 5.76 Å². The minimum Gasteiger partial charge on any atom is -0.508 e. The molecule has 0 amide bonds. The van der Waals surface area contributed by atoms with Gasteiger partial charge in [-0.05, 0) is 28.1 Å². The van der Waals surface area contributed by atoms with Crippen molar-refractivity contribution in [3.05, 3.63) is 64.7 Å². The maximum atomic E-state index is 9.73. The third-order valence-electron chi connectivity index (χ3n) is 3.09. The molecule has 18 heavy (non-hydrogen) atoms. The van der Waals surface area contributed by atoms with Gasteiger partial charge in [0.2, 0.25) is 0 Å². The first kappa shape index (κ1) is 12.2. The fraction of sp³-hybridized carbons (Fsp3) is 0.0588. The van der Waals surface area contributed by atoms with Gasteiger partial charge in [-0.1, -0.05) is 56.1 Å². The summed E-state index contributed by atoms with van der Waals surface area (Å²) in [6.07, 6.45) is 1.85. The highest BCUT2D eigenvalue weighted by Crippen LogP contribution is 2.23. The van der Waals surface area contributed by atoms with Crippen LogP contribution in [0.3, 0.4) is 0 Å². The van der Waals surface area contributed by atoms with Gasteiger partial charge in [-0.3, -0.25) is 0 Å². The number of rotatable bonds is 2. The number of hydrogen-bond acceptors (Lipinski definition) is 1. The van der Waals surface area contributed by atoms with Crippen molar-refractivity contribution in [3.8, 4) is 0 Å². The summed E-state index contributed by atoms with van der Waals surface area (Å²) in [5.74, 6) is 0.0538. The van der Waals surface area contributed by atoms with Crippen LogP contribution in [-0.4, -0.2) is 5.11 Å². The molecule has 2 rings (SSSR count). The van der Waals surface area contributed by atoms with E-state index >= 15 is 0 Å². The summed E-state index contributed by atoms with van der Waals surface area (Å²) in [7, 11) is 0. The number of fused-ring (bicyclic) bond motifs is 1. The van der Waals surface area contributed by atoms with Crippen molar-refractivity contribution in [2.75, 3.05) is 0 Å². The smallest absolute Gasteiger partial charge is 0.115 e. The molecule has 1 N–H and O–H groups in total. The molecular weight excluding hydrogens is 220 g/mol. The van der Waals surface area contributed by atoms with Gasteiger partial charge in [-0.2, -0.15) is 0 Å². The first-order chi connectivity index (χ1) is 8.56. The summed E-state index contributed by atoms with van der Waals surface area (Å²) in [6, 6.07) is 9.92. The largest absolute Gasteiger partial charge is 0.508 e. The monoisotopic (exact) mass is 236 g/mol. The molecule has 0 spiro atoms. The van der Waals surface area contributed by atoms with Crippen molar-refractivity contribution in [1.29, 1.82) is 0 Å². The topological polar surface area (TPSA) is 20.2 Å². The number of hydrogen-bond donors (Lipinski definition) is 1. The van der Waals surface area contributed by atoms with E-state index in [0.717, 1.165) is 26.8 Å². The van der Waals surface area contributed by atoms with Crippen LogP contribution in [0.15, 0.2) is 48.7 Å². The van der Waals surface area contributed by atoms with Gasteiger partial charge in [0.15, 0.2) is 0 Å². The van der Waals surface area contributed by atoms with E-state index in [1.54, 1.807) is 0 Å². The average Bonchev–Trinajstić information content (AvgIpc) is 2.33. The fourth-order valence-corrected chi connectivity index (χ4v) is 2.26. The molecule has 2 aromatic carbocycles. The van der Waals surface area contributed by atoms with Crippen molar-refractivity contribution in [1.82, 2.24) is 0 Å². The second kappa shape index (κ2) is 4.53. The molecule has 1 nitrogen and oxygen atoms in total. The minimum absolute atomic E-state index is 0.0538. The lowest BCUT2D eigenvalue weighted by atomic mass is 9.94. The van der Waals surface area contributed by atoms with Gasteiger partial charge in [-0.15, -0.1) is 0 Å². The molecule has 0 aliphatic heterocycles.